The number of piperazine rings is 1. The number of hydrogen-bond donors (Lipinski definition) is 0. The maximum Gasteiger partial charge on any atom is 0.573 e. The normalized spacial score (nSPS) is 15.2. The Balaban J connectivity index is 1.79. The minimum absolute atomic E-state index is 0.0835. The zero-order chi connectivity index (χ0) is 17.7. The van der Waals surface area contributed by atoms with Gasteiger partial charge in [-0.15, -0.1) is 13.2 Å². The molecule has 0 aromatic heterocycles. The van der Waals surface area contributed by atoms with Crippen molar-refractivity contribution < 1.29 is 32.2 Å². The van der Waals surface area contributed by atoms with E-state index in [1.165, 1.54) is 21.9 Å². The Bertz CT molecular complexity index is 587. The van der Waals surface area contributed by atoms with E-state index in [9.17, 15) is 22.8 Å². The Morgan fingerprint density at radius 1 is 1.04 bits per heavy atom. The van der Waals surface area contributed by atoms with Gasteiger partial charge >= 0.3 is 17.8 Å². The third-order valence-corrected chi connectivity index (χ3v) is 3.54. The molecule has 0 aliphatic carbocycles. The minimum Gasteiger partial charge on any atom is -0.445 e. The summed E-state index contributed by atoms with van der Waals surface area (Å²) in [4.78, 5) is 25.7. The van der Waals surface area contributed by atoms with E-state index in [0.29, 0.717) is 31.7 Å². The van der Waals surface area contributed by atoms with Crippen LogP contribution in [0.15, 0.2) is 24.3 Å². The number of benzene rings is 1. The smallest absolute Gasteiger partial charge is 0.445 e. The van der Waals surface area contributed by atoms with Gasteiger partial charge in [0, 0.05) is 26.2 Å². The highest BCUT2D eigenvalue weighted by Crippen LogP contribution is 2.23. The van der Waals surface area contributed by atoms with Crippen LogP contribution in [-0.4, -0.2) is 53.8 Å². The molecule has 0 bridgehead atoms. The van der Waals surface area contributed by atoms with Crippen LogP contribution in [0.4, 0.5) is 22.8 Å². The van der Waals surface area contributed by atoms with Crippen molar-refractivity contribution in [1.29, 1.82) is 0 Å². The molecule has 1 saturated heterocycles. The number of hydrogen-bond acceptors (Lipinski definition) is 4. The highest BCUT2D eigenvalue weighted by molar-refractivity contribution is 6.62. The predicted octanol–water partition coefficient (Wildman–Crippen LogP) is 3.20. The zero-order valence-corrected chi connectivity index (χ0v) is 13.1. The number of ether oxygens (including phenoxy) is 2. The summed E-state index contributed by atoms with van der Waals surface area (Å²) < 4.78 is 45.0. The molecule has 0 radical (unpaired) electrons. The predicted molar refractivity (Wildman–Crippen MR) is 77.7 cm³/mol. The maximum absolute atomic E-state index is 12.0. The third kappa shape index (κ3) is 5.48. The molecule has 0 unspecified atom stereocenters. The van der Waals surface area contributed by atoms with Crippen LogP contribution in [0, 0.1) is 0 Å². The van der Waals surface area contributed by atoms with E-state index in [0.717, 1.165) is 12.1 Å². The van der Waals surface area contributed by atoms with E-state index in [1.807, 2.05) is 0 Å². The molecule has 1 fully saturated rings. The SMILES string of the molecule is O=C(Cl)N1CCN(C(=O)OCc2ccc(OC(F)(F)F)cc2)CC1. The molecule has 132 valence electrons. The lowest BCUT2D eigenvalue weighted by Crippen LogP contribution is -2.49. The van der Waals surface area contributed by atoms with Crippen molar-refractivity contribution in [3.63, 3.8) is 0 Å². The second-order valence-electron chi connectivity index (χ2n) is 4.97. The molecular weight excluding hydrogens is 353 g/mol. The Morgan fingerprint density at radius 2 is 1.58 bits per heavy atom. The van der Waals surface area contributed by atoms with Crippen molar-refractivity contribution in [2.24, 2.45) is 0 Å². The maximum atomic E-state index is 12.0. The van der Waals surface area contributed by atoms with Crippen LogP contribution in [0.3, 0.4) is 0 Å². The molecule has 10 heteroatoms. The van der Waals surface area contributed by atoms with Gasteiger partial charge in [0.25, 0.3) is 0 Å². The number of nitrogens with zero attached hydrogens (tertiary/aromatic N) is 2. The van der Waals surface area contributed by atoms with Crippen molar-refractivity contribution >= 4 is 23.1 Å². The van der Waals surface area contributed by atoms with E-state index in [4.69, 9.17) is 16.3 Å². The van der Waals surface area contributed by atoms with Crippen LogP contribution < -0.4 is 4.74 Å². The molecule has 1 aliphatic rings. The monoisotopic (exact) mass is 366 g/mol. The Morgan fingerprint density at radius 3 is 2.08 bits per heavy atom. The number of carbonyl (C=O) groups excluding carboxylic acids is 2. The summed E-state index contributed by atoms with van der Waals surface area (Å²) in [5, 5.41) is -0.566. The fraction of sp³-hybridized carbons (Fsp3) is 0.429. The van der Waals surface area contributed by atoms with Gasteiger partial charge in [0.05, 0.1) is 0 Å². The average Bonchev–Trinajstić information content (AvgIpc) is 2.52. The summed E-state index contributed by atoms with van der Waals surface area (Å²) in [6.45, 7) is 1.16. The van der Waals surface area contributed by atoms with Gasteiger partial charge in [-0.25, -0.2) is 4.79 Å². The summed E-state index contributed by atoms with van der Waals surface area (Å²) in [6.07, 6.45) is -5.31. The molecule has 0 saturated carbocycles. The summed E-state index contributed by atoms with van der Waals surface area (Å²) >= 11 is 5.35. The molecule has 0 atom stereocenters. The summed E-state index contributed by atoms with van der Waals surface area (Å²) in [7, 11) is 0. The van der Waals surface area contributed by atoms with Gasteiger partial charge < -0.3 is 19.3 Å². The fourth-order valence-electron chi connectivity index (χ4n) is 2.09. The summed E-state index contributed by atoms with van der Waals surface area (Å²) in [5.41, 5.74) is 0.521. The molecular formula is C14H14ClF3N2O4. The van der Waals surface area contributed by atoms with Gasteiger partial charge in [0.2, 0.25) is 0 Å². The van der Waals surface area contributed by atoms with Crippen LogP contribution in [0.1, 0.15) is 5.56 Å². The number of amides is 2. The lowest BCUT2D eigenvalue weighted by molar-refractivity contribution is -0.274. The van der Waals surface area contributed by atoms with Crippen LogP contribution >= 0.6 is 11.6 Å². The highest BCUT2D eigenvalue weighted by Gasteiger charge is 2.31. The first kappa shape index (κ1) is 18.2. The Labute approximate surface area is 140 Å². The first-order chi connectivity index (χ1) is 11.2. The standard InChI is InChI=1S/C14H14ClF3N2O4/c15-12(21)19-5-7-20(8-6-19)13(22)23-9-10-1-3-11(4-2-10)24-14(16,17)18/h1-4H,5-9H2. The highest BCUT2D eigenvalue weighted by atomic mass is 35.5. The number of alkyl halides is 3. The summed E-state index contributed by atoms with van der Waals surface area (Å²) in [5.74, 6) is -0.348. The van der Waals surface area contributed by atoms with Gasteiger partial charge in [-0.1, -0.05) is 12.1 Å². The fourth-order valence-corrected chi connectivity index (χ4v) is 2.26. The zero-order valence-electron chi connectivity index (χ0n) is 12.4. The molecule has 1 aliphatic heterocycles. The van der Waals surface area contributed by atoms with E-state index >= 15 is 0 Å². The minimum atomic E-state index is -4.75. The number of carbonyl (C=O) groups is 2. The molecule has 1 aromatic rings. The summed E-state index contributed by atoms with van der Waals surface area (Å²) in [6, 6.07) is 5.03. The number of halogens is 4. The van der Waals surface area contributed by atoms with Crippen molar-refractivity contribution in [3.05, 3.63) is 29.8 Å². The van der Waals surface area contributed by atoms with E-state index in [2.05, 4.69) is 4.74 Å². The molecule has 1 heterocycles. The lowest BCUT2D eigenvalue weighted by atomic mass is 10.2. The van der Waals surface area contributed by atoms with E-state index < -0.39 is 17.8 Å². The van der Waals surface area contributed by atoms with Gasteiger partial charge in [-0.05, 0) is 29.3 Å². The molecule has 24 heavy (non-hydrogen) atoms. The molecule has 6 nitrogen and oxygen atoms in total. The van der Waals surface area contributed by atoms with Crippen molar-refractivity contribution in [1.82, 2.24) is 9.80 Å². The van der Waals surface area contributed by atoms with Gasteiger partial charge in [0.15, 0.2) is 0 Å². The van der Waals surface area contributed by atoms with Gasteiger partial charge in [-0.2, -0.15) is 0 Å². The van der Waals surface area contributed by atoms with Crippen molar-refractivity contribution in [2.45, 2.75) is 13.0 Å². The Hall–Kier alpha value is -2.16. The topological polar surface area (TPSA) is 59.1 Å². The van der Waals surface area contributed by atoms with Gasteiger partial charge in [-0.3, -0.25) is 4.79 Å². The van der Waals surface area contributed by atoms with Crippen LogP contribution in [0.25, 0.3) is 0 Å². The first-order valence-corrected chi connectivity index (χ1v) is 7.33. The van der Waals surface area contributed by atoms with Crippen LogP contribution in [0.5, 0.6) is 5.75 Å². The second-order valence-corrected chi connectivity index (χ2v) is 5.30. The lowest BCUT2D eigenvalue weighted by Gasteiger charge is -2.32. The first-order valence-electron chi connectivity index (χ1n) is 6.95. The Kier molecular flexibility index (Phi) is 5.76. The molecule has 2 amide bonds. The van der Waals surface area contributed by atoms with Crippen LogP contribution in [0.2, 0.25) is 0 Å². The van der Waals surface area contributed by atoms with E-state index in [-0.39, 0.29) is 12.4 Å². The number of rotatable bonds is 3. The largest absolute Gasteiger partial charge is 0.573 e. The average molecular weight is 367 g/mol. The molecule has 0 spiro atoms. The quantitative estimate of drug-likeness (QED) is 0.609. The van der Waals surface area contributed by atoms with Crippen LogP contribution in [-0.2, 0) is 11.3 Å². The molecule has 0 N–H and O–H groups in total. The van der Waals surface area contributed by atoms with Gasteiger partial charge in [0.1, 0.15) is 12.4 Å². The van der Waals surface area contributed by atoms with Crippen molar-refractivity contribution in [2.75, 3.05) is 26.2 Å². The van der Waals surface area contributed by atoms with Crippen molar-refractivity contribution in [3.8, 4) is 5.75 Å². The molecule has 1 aromatic carbocycles. The van der Waals surface area contributed by atoms with E-state index in [1.54, 1.807) is 0 Å². The third-order valence-electron chi connectivity index (χ3n) is 3.31. The molecule has 2 rings (SSSR count). The second kappa shape index (κ2) is 7.61.